The molecule has 2 rings (SSSR count). The van der Waals surface area contributed by atoms with Crippen LogP contribution in [0.5, 0.6) is 0 Å². The molecule has 0 bridgehead atoms. The highest BCUT2D eigenvalue weighted by Crippen LogP contribution is 2.30. The van der Waals surface area contributed by atoms with Crippen molar-refractivity contribution in [3.63, 3.8) is 0 Å². The predicted molar refractivity (Wildman–Crippen MR) is 64.7 cm³/mol. The smallest absolute Gasteiger partial charge is 0.143 e. The van der Waals surface area contributed by atoms with Gasteiger partial charge in [0.2, 0.25) is 0 Å². The van der Waals surface area contributed by atoms with Crippen molar-refractivity contribution in [1.29, 1.82) is 15.8 Å². The Balaban J connectivity index is 3.10. The number of rotatable bonds is 0. The molecule has 6 nitrogen and oxygen atoms in total. The summed E-state index contributed by atoms with van der Waals surface area (Å²) in [4.78, 5) is 4.01. The predicted octanol–water partition coefficient (Wildman–Crippen LogP) is 1.01. The van der Waals surface area contributed by atoms with Crippen molar-refractivity contribution in [2.24, 2.45) is 0 Å². The van der Waals surface area contributed by atoms with E-state index in [1.165, 1.54) is 6.07 Å². The largest absolute Gasteiger partial charge is 0.397 e. The van der Waals surface area contributed by atoms with Crippen LogP contribution < -0.4 is 11.5 Å². The highest BCUT2D eigenvalue weighted by Gasteiger charge is 2.16. The molecule has 0 unspecified atom stereocenters. The van der Waals surface area contributed by atoms with E-state index in [2.05, 4.69) is 4.98 Å². The molecule has 1 aromatic heterocycles. The summed E-state index contributed by atoms with van der Waals surface area (Å²) < 4.78 is 0. The van der Waals surface area contributed by atoms with Crippen molar-refractivity contribution in [2.75, 3.05) is 11.5 Å². The molecule has 0 aliphatic rings. The second-order valence-corrected chi connectivity index (χ2v) is 3.50. The van der Waals surface area contributed by atoms with E-state index >= 15 is 0 Å². The molecule has 0 saturated carbocycles. The maximum Gasteiger partial charge on any atom is 0.143 e. The Bertz CT molecular complexity index is 786. The van der Waals surface area contributed by atoms with Crippen LogP contribution in [-0.2, 0) is 0 Å². The van der Waals surface area contributed by atoms with Crippen molar-refractivity contribution in [2.45, 2.75) is 0 Å². The number of fused-ring (bicyclic) bond motifs is 1. The fourth-order valence-electron chi connectivity index (χ4n) is 1.73. The molecule has 0 aliphatic carbocycles. The summed E-state index contributed by atoms with van der Waals surface area (Å²) in [5.74, 6) is -0.0225. The Morgan fingerprint density at radius 1 is 0.944 bits per heavy atom. The molecule has 0 amide bonds. The van der Waals surface area contributed by atoms with E-state index < -0.39 is 0 Å². The molecule has 1 heterocycles. The number of hydrogen-bond donors (Lipinski definition) is 2. The molecule has 0 aliphatic heterocycles. The van der Waals surface area contributed by atoms with Crippen molar-refractivity contribution in [3.05, 3.63) is 28.8 Å². The summed E-state index contributed by atoms with van der Waals surface area (Å²) in [5, 5.41) is 27.3. The molecular weight excluding hydrogens is 228 g/mol. The van der Waals surface area contributed by atoms with Gasteiger partial charge in [-0.25, -0.2) is 4.98 Å². The van der Waals surface area contributed by atoms with E-state index in [9.17, 15) is 0 Å². The second-order valence-electron chi connectivity index (χ2n) is 3.50. The first kappa shape index (κ1) is 11.2. The van der Waals surface area contributed by atoms with Crippen LogP contribution in [0.25, 0.3) is 10.9 Å². The molecule has 2 aromatic rings. The van der Waals surface area contributed by atoms with Crippen LogP contribution in [0, 0.1) is 34.0 Å². The van der Waals surface area contributed by atoms with Gasteiger partial charge in [-0.1, -0.05) is 0 Å². The summed E-state index contributed by atoms with van der Waals surface area (Å²) >= 11 is 0. The molecule has 0 radical (unpaired) electrons. The minimum absolute atomic E-state index is 0.0215. The molecule has 0 atom stereocenters. The SMILES string of the molecule is N#Cc1ccc2nc(N)c(C#N)c(C#N)c2c1N. The van der Waals surface area contributed by atoms with Gasteiger partial charge in [-0.3, -0.25) is 0 Å². The highest BCUT2D eigenvalue weighted by atomic mass is 14.8. The summed E-state index contributed by atoms with van der Waals surface area (Å²) in [6.45, 7) is 0. The number of benzene rings is 1. The third-order valence-corrected chi connectivity index (χ3v) is 2.56. The lowest BCUT2D eigenvalue weighted by atomic mass is 10.0. The molecule has 6 heteroatoms. The molecule has 18 heavy (non-hydrogen) atoms. The van der Waals surface area contributed by atoms with Gasteiger partial charge in [-0.2, -0.15) is 15.8 Å². The van der Waals surface area contributed by atoms with E-state index in [1.807, 2.05) is 18.2 Å². The van der Waals surface area contributed by atoms with Gasteiger partial charge in [0.1, 0.15) is 29.6 Å². The number of anilines is 2. The van der Waals surface area contributed by atoms with Gasteiger partial charge < -0.3 is 11.5 Å². The highest BCUT2D eigenvalue weighted by molar-refractivity contribution is 6.00. The van der Waals surface area contributed by atoms with Crippen LogP contribution in [0.3, 0.4) is 0 Å². The number of hydrogen-bond acceptors (Lipinski definition) is 6. The van der Waals surface area contributed by atoms with Gasteiger partial charge >= 0.3 is 0 Å². The molecule has 0 saturated heterocycles. The number of nitriles is 3. The zero-order chi connectivity index (χ0) is 13.3. The van der Waals surface area contributed by atoms with Gasteiger partial charge in [-0.15, -0.1) is 0 Å². The second kappa shape index (κ2) is 3.93. The zero-order valence-electron chi connectivity index (χ0n) is 9.10. The fourth-order valence-corrected chi connectivity index (χ4v) is 1.73. The topological polar surface area (TPSA) is 136 Å². The van der Waals surface area contributed by atoms with Crippen LogP contribution >= 0.6 is 0 Å². The Morgan fingerprint density at radius 2 is 1.61 bits per heavy atom. The van der Waals surface area contributed by atoms with E-state index in [0.717, 1.165) is 0 Å². The van der Waals surface area contributed by atoms with Crippen LogP contribution in [0.4, 0.5) is 11.5 Å². The van der Waals surface area contributed by atoms with E-state index in [1.54, 1.807) is 6.07 Å². The van der Waals surface area contributed by atoms with Crippen molar-refractivity contribution >= 4 is 22.4 Å². The summed E-state index contributed by atoms with van der Waals surface area (Å²) in [5.41, 5.74) is 12.2. The first-order valence-electron chi connectivity index (χ1n) is 4.86. The average molecular weight is 234 g/mol. The Morgan fingerprint density at radius 3 is 2.17 bits per heavy atom. The van der Waals surface area contributed by atoms with Crippen molar-refractivity contribution in [1.82, 2.24) is 4.98 Å². The molecule has 0 fully saturated rings. The van der Waals surface area contributed by atoms with E-state index in [0.29, 0.717) is 10.9 Å². The van der Waals surface area contributed by atoms with Crippen LogP contribution in [0.15, 0.2) is 12.1 Å². The number of pyridine rings is 1. The van der Waals surface area contributed by atoms with Crippen molar-refractivity contribution < 1.29 is 0 Å². The maximum absolute atomic E-state index is 9.14. The van der Waals surface area contributed by atoms with Crippen LogP contribution in [-0.4, -0.2) is 4.98 Å². The van der Waals surface area contributed by atoms with Crippen LogP contribution in [0.2, 0.25) is 0 Å². The summed E-state index contributed by atoms with van der Waals surface area (Å²) in [7, 11) is 0. The first-order valence-corrected chi connectivity index (χ1v) is 4.86. The molecule has 84 valence electrons. The van der Waals surface area contributed by atoms with Gasteiger partial charge in [0.05, 0.1) is 22.3 Å². The number of nitrogens with two attached hydrogens (primary N) is 2. The maximum atomic E-state index is 9.14. The Labute approximate surface area is 102 Å². The van der Waals surface area contributed by atoms with Crippen molar-refractivity contribution in [3.8, 4) is 18.2 Å². The summed E-state index contributed by atoms with van der Waals surface area (Å²) in [6, 6.07) is 8.67. The molecular formula is C12H6N6. The molecule has 0 spiro atoms. The lowest BCUT2D eigenvalue weighted by Gasteiger charge is -2.08. The van der Waals surface area contributed by atoms with Crippen LogP contribution in [0.1, 0.15) is 16.7 Å². The average Bonchev–Trinajstić information content (AvgIpc) is 2.37. The fraction of sp³-hybridized carbons (Fsp3) is 0. The quantitative estimate of drug-likeness (QED) is 0.652. The minimum atomic E-state index is -0.0225. The third kappa shape index (κ3) is 1.36. The molecule has 4 N–H and O–H groups in total. The number of aromatic nitrogens is 1. The normalized spacial score (nSPS) is 9.39. The first-order chi connectivity index (χ1) is 8.63. The van der Waals surface area contributed by atoms with Gasteiger partial charge in [0.15, 0.2) is 0 Å². The van der Waals surface area contributed by atoms with Gasteiger partial charge in [0, 0.05) is 5.39 Å². The van der Waals surface area contributed by atoms with Gasteiger partial charge in [0.25, 0.3) is 0 Å². The standard InChI is InChI=1S/C12H6N6/c13-3-6-1-2-9-10(11(6)16)7(4-14)8(5-15)12(17)18-9/h1-2H,16H2,(H2,17,18). The monoisotopic (exact) mass is 234 g/mol. The number of nitrogens with zero attached hydrogens (tertiary/aromatic N) is 4. The number of nitrogen functional groups attached to an aromatic ring is 2. The van der Waals surface area contributed by atoms with Gasteiger partial charge in [-0.05, 0) is 12.1 Å². The minimum Gasteiger partial charge on any atom is -0.397 e. The third-order valence-electron chi connectivity index (χ3n) is 2.56. The van der Waals surface area contributed by atoms with E-state index in [-0.39, 0.29) is 28.2 Å². The Hall–Kier alpha value is -3.30. The zero-order valence-corrected chi connectivity index (χ0v) is 9.10. The lowest BCUT2D eigenvalue weighted by molar-refractivity contribution is 1.35. The Kier molecular flexibility index (Phi) is 2.45. The lowest BCUT2D eigenvalue weighted by Crippen LogP contribution is -2.02. The van der Waals surface area contributed by atoms with E-state index in [4.69, 9.17) is 27.3 Å². The summed E-state index contributed by atoms with van der Waals surface area (Å²) in [6.07, 6.45) is 0. The molecule has 1 aromatic carbocycles.